The van der Waals surface area contributed by atoms with E-state index >= 15 is 0 Å². The Bertz CT molecular complexity index is 1220. The normalized spacial score (nSPS) is 15.1. The monoisotopic (exact) mass is 472 g/mol. The van der Waals surface area contributed by atoms with Crippen LogP contribution >= 0.6 is 0 Å². The smallest absolute Gasteiger partial charge is 0.124 e. The first kappa shape index (κ1) is 24.6. The van der Waals surface area contributed by atoms with Crippen molar-refractivity contribution in [2.45, 2.75) is 26.7 Å². The van der Waals surface area contributed by atoms with Gasteiger partial charge in [0.15, 0.2) is 0 Å². The molecule has 2 N–H and O–H groups in total. The van der Waals surface area contributed by atoms with E-state index < -0.39 is 0 Å². The summed E-state index contributed by atoms with van der Waals surface area (Å²) in [4.78, 5) is 9.68. The first-order valence-corrected chi connectivity index (χ1v) is 12.1. The Balaban J connectivity index is 1.53. The molecule has 1 aromatic heterocycles. The number of pyridine rings is 1. The lowest BCUT2D eigenvalue weighted by Gasteiger charge is -2.34. The number of phenolic OH excluding ortho intramolecular Hbond substituents is 1. The maximum Gasteiger partial charge on any atom is 0.124 e. The lowest BCUT2D eigenvalue weighted by Crippen LogP contribution is -2.44. The predicted octanol–water partition coefficient (Wildman–Crippen LogP) is 5.40. The molecule has 1 aliphatic rings. The molecule has 35 heavy (non-hydrogen) atoms. The van der Waals surface area contributed by atoms with Gasteiger partial charge in [0.05, 0.1) is 18.5 Å². The van der Waals surface area contributed by atoms with Gasteiger partial charge in [-0.1, -0.05) is 25.6 Å². The number of piperazine rings is 1. The summed E-state index contributed by atoms with van der Waals surface area (Å²) in [6, 6.07) is 15.9. The van der Waals surface area contributed by atoms with E-state index in [2.05, 4.69) is 59.9 Å². The molecule has 184 valence electrons. The molecule has 1 saturated heterocycles. The van der Waals surface area contributed by atoms with Crippen LogP contribution in [0.25, 0.3) is 5.70 Å². The predicted molar refractivity (Wildman–Crippen MR) is 145 cm³/mol. The van der Waals surface area contributed by atoms with Crippen LogP contribution in [-0.2, 0) is 0 Å². The number of phenols is 1. The highest BCUT2D eigenvalue weighted by atomic mass is 16.5. The molecule has 0 bridgehead atoms. The number of hydrogen-bond acceptors (Lipinski definition) is 6. The Hall–Kier alpha value is -3.51. The van der Waals surface area contributed by atoms with E-state index in [1.807, 2.05) is 26.0 Å². The molecule has 0 aliphatic carbocycles. The van der Waals surface area contributed by atoms with Gasteiger partial charge in [-0.3, -0.25) is 4.98 Å². The topological polar surface area (TPSA) is 60.9 Å². The van der Waals surface area contributed by atoms with Crippen molar-refractivity contribution in [3.05, 3.63) is 83.2 Å². The SMILES string of the molecule is C=C(Nc1ccc(C(C)c2ccc(N3CCN(C)CC3)cc2OC)nc1C)c1cc(O)ccc1C. The third-order valence-electron chi connectivity index (χ3n) is 6.93. The molecule has 1 unspecified atom stereocenters. The maximum absolute atomic E-state index is 9.86. The summed E-state index contributed by atoms with van der Waals surface area (Å²) in [5.74, 6) is 1.19. The fraction of sp³-hybridized carbons (Fsp3) is 0.345. The molecule has 3 aromatic rings. The second-order valence-electron chi connectivity index (χ2n) is 9.41. The molecule has 0 spiro atoms. The van der Waals surface area contributed by atoms with E-state index in [1.165, 1.54) is 5.69 Å². The largest absolute Gasteiger partial charge is 0.508 e. The summed E-state index contributed by atoms with van der Waals surface area (Å²) in [7, 11) is 3.90. The van der Waals surface area contributed by atoms with Crippen molar-refractivity contribution in [1.29, 1.82) is 0 Å². The quantitative estimate of drug-likeness (QED) is 0.480. The molecule has 1 atom stereocenters. The minimum absolute atomic E-state index is 0.0794. The molecule has 2 aromatic carbocycles. The fourth-order valence-electron chi connectivity index (χ4n) is 4.60. The first-order chi connectivity index (χ1) is 16.8. The second kappa shape index (κ2) is 10.4. The van der Waals surface area contributed by atoms with E-state index in [-0.39, 0.29) is 11.7 Å². The zero-order valence-corrected chi connectivity index (χ0v) is 21.4. The number of rotatable bonds is 7. The molecule has 1 aliphatic heterocycles. The summed E-state index contributed by atoms with van der Waals surface area (Å²) < 4.78 is 5.81. The summed E-state index contributed by atoms with van der Waals surface area (Å²) >= 11 is 0. The summed E-state index contributed by atoms with van der Waals surface area (Å²) in [5.41, 5.74) is 7.75. The van der Waals surface area contributed by atoms with E-state index in [9.17, 15) is 5.11 Å². The number of benzene rings is 2. The number of aromatic hydroxyl groups is 1. The minimum atomic E-state index is 0.0794. The van der Waals surface area contributed by atoms with Crippen LogP contribution in [0, 0.1) is 13.8 Å². The van der Waals surface area contributed by atoms with Gasteiger partial charge < -0.3 is 25.0 Å². The Morgan fingerprint density at radius 1 is 1.06 bits per heavy atom. The molecule has 0 amide bonds. The number of aryl methyl sites for hydroxylation is 2. The van der Waals surface area contributed by atoms with Crippen LogP contribution < -0.4 is 15.0 Å². The zero-order valence-electron chi connectivity index (χ0n) is 21.4. The highest BCUT2D eigenvalue weighted by Gasteiger charge is 2.20. The fourth-order valence-corrected chi connectivity index (χ4v) is 4.60. The van der Waals surface area contributed by atoms with Gasteiger partial charge in [-0.05, 0) is 56.8 Å². The number of nitrogens with one attached hydrogen (secondary N) is 1. The van der Waals surface area contributed by atoms with Gasteiger partial charge >= 0.3 is 0 Å². The number of likely N-dealkylation sites (N-methyl/N-ethyl adjacent to an activating group) is 1. The van der Waals surface area contributed by atoms with Gasteiger partial charge in [-0.15, -0.1) is 0 Å². The number of nitrogens with zero attached hydrogens (tertiary/aromatic N) is 3. The molecule has 0 radical (unpaired) electrons. The zero-order chi connectivity index (χ0) is 25.1. The lowest BCUT2D eigenvalue weighted by atomic mass is 9.95. The standard InChI is InChI=1S/C29H36N4O2/c1-19-7-9-24(34)18-26(19)21(3)30-28-12-11-27(31-22(28)4)20(2)25-10-8-23(17-29(25)35-6)33-15-13-32(5)14-16-33/h7-12,17-18,20,30,34H,3,13-16H2,1-2,4-6H3. The van der Waals surface area contributed by atoms with Gasteiger partial charge in [0, 0.05) is 66.4 Å². The van der Waals surface area contributed by atoms with Gasteiger partial charge in [0.1, 0.15) is 11.5 Å². The first-order valence-electron chi connectivity index (χ1n) is 12.1. The van der Waals surface area contributed by atoms with Gasteiger partial charge in [-0.2, -0.15) is 0 Å². The number of hydrogen-bond donors (Lipinski definition) is 2. The van der Waals surface area contributed by atoms with E-state index in [0.717, 1.165) is 71.4 Å². The van der Waals surface area contributed by atoms with Gasteiger partial charge in [-0.25, -0.2) is 0 Å². The van der Waals surface area contributed by atoms with Crippen LogP contribution in [0.4, 0.5) is 11.4 Å². The van der Waals surface area contributed by atoms with Crippen molar-refractivity contribution in [3.63, 3.8) is 0 Å². The molecule has 1 fully saturated rings. The van der Waals surface area contributed by atoms with Crippen LogP contribution in [0.2, 0.25) is 0 Å². The molecule has 2 heterocycles. The van der Waals surface area contributed by atoms with Crippen LogP contribution in [0.15, 0.2) is 55.1 Å². The van der Waals surface area contributed by atoms with Gasteiger partial charge in [0.25, 0.3) is 0 Å². The highest BCUT2D eigenvalue weighted by molar-refractivity contribution is 5.78. The number of ether oxygens (including phenoxy) is 1. The Morgan fingerprint density at radius 2 is 1.80 bits per heavy atom. The molecule has 6 nitrogen and oxygen atoms in total. The van der Waals surface area contributed by atoms with E-state index in [1.54, 1.807) is 19.2 Å². The minimum Gasteiger partial charge on any atom is -0.508 e. The van der Waals surface area contributed by atoms with Crippen LogP contribution in [0.5, 0.6) is 11.5 Å². The Kier molecular flexibility index (Phi) is 7.31. The van der Waals surface area contributed by atoms with Crippen molar-refractivity contribution in [3.8, 4) is 11.5 Å². The van der Waals surface area contributed by atoms with E-state index in [4.69, 9.17) is 9.72 Å². The van der Waals surface area contributed by atoms with Crippen LogP contribution in [-0.4, -0.2) is 55.3 Å². The molecule has 6 heteroatoms. The molecule has 0 saturated carbocycles. The number of aromatic nitrogens is 1. The van der Waals surface area contributed by atoms with Crippen molar-refractivity contribution in [2.24, 2.45) is 0 Å². The lowest BCUT2D eigenvalue weighted by molar-refractivity contribution is 0.312. The van der Waals surface area contributed by atoms with E-state index in [0.29, 0.717) is 0 Å². The molecule has 4 rings (SSSR count). The van der Waals surface area contributed by atoms with Crippen molar-refractivity contribution >= 4 is 17.1 Å². The molecular weight excluding hydrogens is 436 g/mol. The summed E-state index contributed by atoms with van der Waals surface area (Å²) in [6.45, 7) is 14.5. The molecular formula is C29H36N4O2. The number of methoxy groups -OCH3 is 1. The van der Waals surface area contributed by atoms with Crippen molar-refractivity contribution in [1.82, 2.24) is 9.88 Å². The third-order valence-corrected chi connectivity index (χ3v) is 6.93. The number of anilines is 2. The highest BCUT2D eigenvalue weighted by Crippen LogP contribution is 2.35. The second-order valence-corrected chi connectivity index (χ2v) is 9.41. The van der Waals surface area contributed by atoms with Gasteiger partial charge in [0.2, 0.25) is 0 Å². The average Bonchev–Trinajstić information content (AvgIpc) is 2.86. The summed E-state index contributed by atoms with van der Waals surface area (Å²) in [6.07, 6.45) is 0. The van der Waals surface area contributed by atoms with Crippen molar-refractivity contribution < 1.29 is 9.84 Å². The summed E-state index contributed by atoms with van der Waals surface area (Å²) in [5, 5.41) is 13.2. The third kappa shape index (κ3) is 5.43. The maximum atomic E-state index is 9.86. The Labute approximate surface area is 208 Å². The average molecular weight is 473 g/mol. The van der Waals surface area contributed by atoms with Crippen molar-refractivity contribution in [2.75, 3.05) is 50.6 Å². The van der Waals surface area contributed by atoms with Crippen LogP contribution in [0.1, 0.15) is 40.9 Å². The Morgan fingerprint density at radius 3 is 2.49 bits per heavy atom. The van der Waals surface area contributed by atoms with Crippen LogP contribution in [0.3, 0.4) is 0 Å².